The number of fused-ring (bicyclic) bond motifs is 2. The number of esters is 1. The molecule has 0 radical (unpaired) electrons. The smallest absolute Gasteiger partial charge is 0.341 e. The molecule has 5 rings (SSSR count). The highest BCUT2D eigenvalue weighted by atomic mass is 16.5. The highest BCUT2D eigenvalue weighted by Gasteiger charge is 2.19. The lowest BCUT2D eigenvalue weighted by molar-refractivity contribution is 0.0596. The molecule has 0 atom stereocenters. The summed E-state index contributed by atoms with van der Waals surface area (Å²) in [6, 6.07) is 30.9. The third-order valence-electron chi connectivity index (χ3n) is 7.16. The minimum atomic E-state index is -0.404. The Hall–Kier alpha value is -4.31. The number of benzene rings is 4. The first-order valence-electron chi connectivity index (χ1n) is 13.2. The van der Waals surface area contributed by atoms with E-state index in [1.54, 1.807) is 6.07 Å². The highest BCUT2D eigenvalue weighted by molar-refractivity contribution is 5.93. The molecule has 0 saturated heterocycles. The Morgan fingerprint density at radius 2 is 1.61 bits per heavy atom. The second-order valence-corrected chi connectivity index (χ2v) is 9.46. The van der Waals surface area contributed by atoms with Crippen molar-refractivity contribution in [2.45, 2.75) is 32.7 Å². The first-order valence-corrected chi connectivity index (χ1v) is 13.2. The van der Waals surface area contributed by atoms with E-state index < -0.39 is 5.97 Å². The van der Waals surface area contributed by atoms with Crippen LogP contribution in [-0.4, -0.2) is 19.7 Å². The number of rotatable bonds is 8. The molecule has 1 aliphatic heterocycles. The van der Waals surface area contributed by atoms with Crippen LogP contribution >= 0.6 is 0 Å². The van der Waals surface area contributed by atoms with Gasteiger partial charge in [0, 0.05) is 12.2 Å². The van der Waals surface area contributed by atoms with E-state index >= 15 is 0 Å². The van der Waals surface area contributed by atoms with Crippen molar-refractivity contribution in [1.29, 1.82) is 0 Å². The molecule has 0 unspecified atom stereocenters. The van der Waals surface area contributed by atoms with Gasteiger partial charge < -0.3 is 14.8 Å². The van der Waals surface area contributed by atoms with E-state index in [1.165, 1.54) is 40.6 Å². The standard InChI is InChI=1S/C34H33NO3/c1-3-25-13-10-17-29-28(23-38-32-18-8-7-16-30(32)34(36)37-2)21-27-15-9-14-26(33(27)35-22-31(25)29)20-19-24-11-5-4-6-12-24/h4-18,21,35H,3,19-20,22-23H2,1-2H3/b28-21-. The first kappa shape index (κ1) is 25.3. The van der Waals surface area contributed by atoms with Crippen molar-refractivity contribution in [3.63, 3.8) is 0 Å². The van der Waals surface area contributed by atoms with Crippen LogP contribution in [0.1, 0.15) is 50.7 Å². The van der Waals surface area contributed by atoms with E-state index in [0.29, 0.717) is 17.9 Å². The number of ether oxygens (including phenoxy) is 2. The van der Waals surface area contributed by atoms with Crippen LogP contribution < -0.4 is 10.1 Å². The molecular weight excluding hydrogens is 470 g/mol. The van der Waals surface area contributed by atoms with Crippen LogP contribution in [0.5, 0.6) is 5.75 Å². The maximum atomic E-state index is 12.3. The number of anilines is 1. The molecule has 38 heavy (non-hydrogen) atoms. The van der Waals surface area contributed by atoms with Gasteiger partial charge in [0.15, 0.2) is 0 Å². The predicted octanol–water partition coefficient (Wildman–Crippen LogP) is 7.37. The third-order valence-corrected chi connectivity index (χ3v) is 7.16. The Morgan fingerprint density at radius 1 is 0.842 bits per heavy atom. The molecule has 0 fully saturated rings. The average Bonchev–Trinajstić information content (AvgIpc) is 2.96. The van der Waals surface area contributed by atoms with Crippen molar-refractivity contribution in [2.24, 2.45) is 0 Å². The van der Waals surface area contributed by atoms with Crippen LogP contribution in [0.25, 0.3) is 11.6 Å². The number of methoxy groups -OCH3 is 1. The average molecular weight is 504 g/mol. The Morgan fingerprint density at radius 3 is 2.42 bits per heavy atom. The molecule has 0 aliphatic carbocycles. The molecule has 1 heterocycles. The van der Waals surface area contributed by atoms with Crippen LogP contribution in [0, 0.1) is 0 Å². The number of aryl methyl sites for hydroxylation is 3. The summed E-state index contributed by atoms with van der Waals surface area (Å²) in [4.78, 5) is 12.3. The van der Waals surface area contributed by atoms with Gasteiger partial charge in [-0.2, -0.15) is 0 Å². The van der Waals surface area contributed by atoms with Crippen LogP contribution in [0.2, 0.25) is 0 Å². The van der Waals surface area contributed by atoms with Crippen molar-refractivity contribution in [3.05, 3.63) is 130 Å². The van der Waals surface area contributed by atoms with E-state index in [2.05, 4.69) is 85.0 Å². The fraction of sp³-hybridized carbons (Fsp3) is 0.206. The van der Waals surface area contributed by atoms with Gasteiger partial charge in [-0.1, -0.05) is 85.8 Å². The second kappa shape index (κ2) is 11.8. The van der Waals surface area contributed by atoms with Gasteiger partial charge in [0.2, 0.25) is 0 Å². The molecule has 4 nitrogen and oxygen atoms in total. The molecular formula is C34H33NO3. The normalized spacial score (nSPS) is 13.6. The molecule has 1 aliphatic rings. The molecule has 0 saturated carbocycles. The minimum Gasteiger partial charge on any atom is -0.488 e. The number of nitrogens with one attached hydrogen (secondary N) is 1. The number of hydrogen-bond acceptors (Lipinski definition) is 4. The van der Waals surface area contributed by atoms with E-state index in [4.69, 9.17) is 9.47 Å². The predicted molar refractivity (Wildman–Crippen MR) is 155 cm³/mol. The van der Waals surface area contributed by atoms with Crippen molar-refractivity contribution in [2.75, 3.05) is 19.0 Å². The Bertz CT molecular complexity index is 1460. The quantitative estimate of drug-likeness (QED) is 0.255. The summed E-state index contributed by atoms with van der Waals surface area (Å²) in [5.41, 5.74) is 10.2. The number of carbonyl (C=O) groups is 1. The van der Waals surface area contributed by atoms with E-state index in [-0.39, 0.29) is 0 Å². The number of hydrogen-bond donors (Lipinski definition) is 1. The molecule has 0 aromatic heterocycles. The maximum absolute atomic E-state index is 12.3. The summed E-state index contributed by atoms with van der Waals surface area (Å²) in [7, 11) is 1.39. The topological polar surface area (TPSA) is 47.6 Å². The van der Waals surface area contributed by atoms with Gasteiger partial charge in [-0.25, -0.2) is 4.79 Å². The van der Waals surface area contributed by atoms with Crippen LogP contribution in [0.15, 0.2) is 91.0 Å². The molecule has 4 aromatic rings. The van der Waals surface area contributed by atoms with Crippen LogP contribution in [0.4, 0.5) is 5.69 Å². The SMILES string of the molecule is CCc1cccc2c1CNc1c(cccc1CCc1ccccc1)/C=C\2COc1ccccc1C(=O)OC. The molecule has 4 heteroatoms. The Labute approximate surface area is 224 Å². The lowest BCUT2D eigenvalue weighted by Gasteiger charge is -2.24. The largest absolute Gasteiger partial charge is 0.488 e. The molecule has 0 spiro atoms. The Balaban J connectivity index is 1.52. The summed E-state index contributed by atoms with van der Waals surface area (Å²) in [5.74, 6) is 0.115. The summed E-state index contributed by atoms with van der Waals surface area (Å²) in [5, 5.41) is 3.78. The Kier molecular flexibility index (Phi) is 7.89. The summed E-state index contributed by atoms with van der Waals surface area (Å²) in [6.07, 6.45) is 5.12. The molecule has 0 amide bonds. The molecule has 4 aromatic carbocycles. The summed E-state index contributed by atoms with van der Waals surface area (Å²) in [6.45, 7) is 3.27. The van der Waals surface area contributed by atoms with Gasteiger partial charge in [-0.3, -0.25) is 0 Å². The van der Waals surface area contributed by atoms with Crippen LogP contribution in [-0.2, 0) is 30.5 Å². The van der Waals surface area contributed by atoms with Crippen molar-refractivity contribution in [3.8, 4) is 5.75 Å². The molecule has 0 bridgehead atoms. The van der Waals surface area contributed by atoms with E-state index in [0.717, 1.165) is 36.9 Å². The summed E-state index contributed by atoms with van der Waals surface area (Å²) >= 11 is 0. The van der Waals surface area contributed by atoms with Gasteiger partial charge in [-0.15, -0.1) is 0 Å². The van der Waals surface area contributed by atoms with Gasteiger partial charge in [0.25, 0.3) is 0 Å². The highest BCUT2D eigenvalue weighted by Crippen LogP contribution is 2.34. The zero-order valence-corrected chi connectivity index (χ0v) is 22.0. The maximum Gasteiger partial charge on any atom is 0.341 e. The fourth-order valence-electron chi connectivity index (χ4n) is 5.15. The van der Waals surface area contributed by atoms with Gasteiger partial charge in [0.05, 0.1) is 7.11 Å². The number of carbonyl (C=O) groups excluding carboxylic acids is 1. The van der Waals surface area contributed by atoms with Gasteiger partial charge in [-0.05, 0) is 76.4 Å². The van der Waals surface area contributed by atoms with Crippen molar-refractivity contribution in [1.82, 2.24) is 0 Å². The monoisotopic (exact) mass is 503 g/mol. The first-order chi connectivity index (χ1) is 18.7. The van der Waals surface area contributed by atoms with Crippen molar-refractivity contribution >= 4 is 23.3 Å². The molecule has 192 valence electrons. The van der Waals surface area contributed by atoms with Gasteiger partial charge >= 0.3 is 5.97 Å². The number of para-hydroxylation sites is 2. The van der Waals surface area contributed by atoms with E-state index in [9.17, 15) is 4.79 Å². The second-order valence-electron chi connectivity index (χ2n) is 9.46. The van der Waals surface area contributed by atoms with Crippen LogP contribution in [0.3, 0.4) is 0 Å². The van der Waals surface area contributed by atoms with Gasteiger partial charge in [0.1, 0.15) is 17.9 Å². The summed E-state index contributed by atoms with van der Waals surface area (Å²) < 4.78 is 11.3. The fourth-order valence-corrected chi connectivity index (χ4v) is 5.15. The van der Waals surface area contributed by atoms with Crippen molar-refractivity contribution < 1.29 is 14.3 Å². The molecule has 1 N–H and O–H groups in total. The third kappa shape index (κ3) is 5.50. The minimum absolute atomic E-state index is 0.335. The van der Waals surface area contributed by atoms with E-state index in [1.807, 2.05) is 18.2 Å². The lowest BCUT2D eigenvalue weighted by Crippen LogP contribution is -2.14. The zero-order chi connectivity index (χ0) is 26.3. The lowest BCUT2D eigenvalue weighted by atomic mass is 9.90. The zero-order valence-electron chi connectivity index (χ0n) is 22.0.